The molecule has 1 heterocycles. The summed E-state index contributed by atoms with van der Waals surface area (Å²) in [4.78, 5) is 21.9. The number of aliphatic imine (C=N–C) groups is 2. The van der Waals surface area contributed by atoms with Crippen LogP contribution in [-0.2, 0) is 4.79 Å². The summed E-state index contributed by atoms with van der Waals surface area (Å²) in [5.41, 5.74) is 8.27. The number of thioether (sulfide) groups is 1. The monoisotopic (exact) mass is 558 g/mol. The van der Waals surface area contributed by atoms with E-state index in [4.69, 9.17) is 17.3 Å². The summed E-state index contributed by atoms with van der Waals surface area (Å²) in [6.45, 7) is 0. The van der Waals surface area contributed by atoms with Crippen LogP contribution in [0.4, 0.5) is 24.5 Å². The molecule has 1 amide bonds. The number of nitrogens with two attached hydrogens (primary N) is 1. The van der Waals surface area contributed by atoms with Crippen LogP contribution in [0.5, 0.6) is 5.75 Å². The molecule has 0 radical (unpaired) electrons. The fourth-order valence-electron chi connectivity index (χ4n) is 3.16. The summed E-state index contributed by atoms with van der Waals surface area (Å²) in [6, 6.07) is 19.0. The fourth-order valence-corrected chi connectivity index (χ4v) is 4.19. The first-order chi connectivity index (χ1) is 18.2. The molecule has 0 unspecified atom stereocenters. The first kappa shape index (κ1) is 26.9. The lowest BCUT2D eigenvalue weighted by Gasteiger charge is -2.16. The van der Waals surface area contributed by atoms with E-state index in [0.717, 1.165) is 17.7 Å². The molecule has 0 atom stereocenters. The average molecular weight is 559 g/mol. The third-order valence-electron chi connectivity index (χ3n) is 4.89. The van der Waals surface area contributed by atoms with E-state index in [1.807, 2.05) is 0 Å². The Morgan fingerprint density at radius 3 is 2.45 bits per heavy atom. The number of anilines is 1. The molecule has 0 saturated carbocycles. The highest BCUT2D eigenvalue weighted by Gasteiger charge is 2.31. The number of ether oxygens (including phenoxy) is 1. The van der Waals surface area contributed by atoms with E-state index in [1.54, 1.807) is 48.5 Å². The predicted molar refractivity (Wildman–Crippen MR) is 145 cm³/mol. The summed E-state index contributed by atoms with van der Waals surface area (Å²) in [5.74, 6) is -0.0469. The van der Waals surface area contributed by atoms with Crippen molar-refractivity contribution in [1.29, 1.82) is 0 Å². The number of nitrogens with zero attached hydrogens (tertiary/aromatic N) is 5. The standard InChI is InChI=1S/C25H18ClF3N6O2S/c26-20-3-1-2-4-21(20)35-22(36)14-38-24(35)34-33-13-16-5-7-17(8-6-16)23(30)32-15-31-18-9-11-19(12-10-18)37-25(27,28)29/h1-13,15H,14H2,(H2,30,31,32)/b33-13-,34-24+. The second kappa shape index (κ2) is 11.9. The Labute approximate surface area is 224 Å². The van der Waals surface area contributed by atoms with E-state index in [1.165, 1.54) is 41.3 Å². The lowest BCUT2D eigenvalue weighted by Crippen LogP contribution is -2.29. The topological polar surface area (TPSA) is 105 Å². The minimum Gasteiger partial charge on any atom is -0.406 e. The first-order valence-electron chi connectivity index (χ1n) is 10.8. The second-order valence-corrected chi connectivity index (χ2v) is 8.87. The van der Waals surface area contributed by atoms with Gasteiger partial charge in [0.15, 0.2) is 5.17 Å². The smallest absolute Gasteiger partial charge is 0.406 e. The van der Waals surface area contributed by atoms with Gasteiger partial charge in [-0.1, -0.05) is 59.8 Å². The third kappa shape index (κ3) is 7.20. The Balaban J connectivity index is 1.38. The lowest BCUT2D eigenvalue weighted by atomic mass is 10.1. The Morgan fingerprint density at radius 2 is 1.76 bits per heavy atom. The van der Waals surface area contributed by atoms with Crippen molar-refractivity contribution in [3.63, 3.8) is 0 Å². The van der Waals surface area contributed by atoms with Crippen LogP contribution in [0.25, 0.3) is 0 Å². The van der Waals surface area contributed by atoms with E-state index in [9.17, 15) is 18.0 Å². The molecule has 1 aliphatic rings. The van der Waals surface area contributed by atoms with Gasteiger partial charge in [-0.2, -0.15) is 5.10 Å². The highest BCUT2D eigenvalue weighted by molar-refractivity contribution is 8.15. The SMILES string of the molecule is NC(=NC=Nc1ccc(OC(F)(F)F)cc1)c1ccc(/C=N\N=C2\SCC(=O)N2c2ccccc2Cl)cc1. The minimum atomic E-state index is -4.76. The number of rotatable bonds is 7. The van der Waals surface area contributed by atoms with E-state index in [-0.39, 0.29) is 23.2 Å². The van der Waals surface area contributed by atoms with Gasteiger partial charge < -0.3 is 10.5 Å². The van der Waals surface area contributed by atoms with Gasteiger partial charge in [0.05, 0.1) is 28.4 Å². The molecule has 3 aromatic carbocycles. The third-order valence-corrected chi connectivity index (χ3v) is 6.12. The minimum absolute atomic E-state index is 0.132. The van der Waals surface area contributed by atoms with Gasteiger partial charge in [-0.25, -0.2) is 9.98 Å². The van der Waals surface area contributed by atoms with Gasteiger partial charge in [-0.15, -0.1) is 18.3 Å². The van der Waals surface area contributed by atoms with Gasteiger partial charge in [-0.3, -0.25) is 9.69 Å². The van der Waals surface area contributed by atoms with Crippen LogP contribution in [0.1, 0.15) is 11.1 Å². The number of halogens is 4. The molecule has 2 N–H and O–H groups in total. The number of para-hydroxylation sites is 1. The van der Waals surface area contributed by atoms with Crippen molar-refractivity contribution < 1.29 is 22.7 Å². The molecule has 0 bridgehead atoms. The Kier molecular flexibility index (Phi) is 8.44. The van der Waals surface area contributed by atoms with Crippen LogP contribution in [0.15, 0.2) is 93.0 Å². The van der Waals surface area contributed by atoms with Gasteiger partial charge in [0, 0.05) is 5.56 Å². The molecule has 13 heteroatoms. The summed E-state index contributed by atoms with van der Waals surface area (Å²) in [5, 5.41) is 9.15. The number of carbonyl (C=O) groups excluding carboxylic acids is 1. The lowest BCUT2D eigenvalue weighted by molar-refractivity contribution is -0.274. The molecular formula is C25H18ClF3N6O2S. The van der Waals surface area contributed by atoms with E-state index >= 15 is 0 Å². The molecule has 1 fully saturated rings. The van der Waals surface area contributed by atoms with Crippen molar-refractivity contribution in [3.8, 4) is 5.75 Å². The van der Waals surface area contributed by atoms with Crippen molar-refractivity contribution in [1.82, 2.24) is 0 Å². The van der Waals surface area contributed by atoms with Crippen molar-refractivity contribution in [2.75, 3.05) is 10.7 Å². The molecule has 1 saturated heterocycles. The molecule has 38 heavy (non-hydrogen) atoms. The highest BCUT2D eigenvalue weighted by Crippen LogP contribution is 2.32. The summed E-state index contributed by atoms with van der Waals surface area (Å²) < 4.78 is 40.5. The molecule has 0 aliphatic carbocycles. The average Bonchev–Trinajstić information content (AvgIpc) is 3.24. The molecule has 3 aromatic rings. The van der Waals surface area contributed by atoms with Crippen LogP contribution >= 0.6 is 23.4 Å². The maximum Gasteiger partial charge on any atom is 0.573 e. The van der Waals surface area contributed by atoms with Crippen molar-refractivity contribution in [2.24, 2.45) is 25.9 Å². The maximum absolute atomic E-state index is 12.3. The van der Waals surface area contributed by atoms with Crippen molar-refractivity contribution >= 4 is 64.2 Å². The van der Waals surface area contributed by atoms with E-state index in [2.05, 4.69) is 24.9 Å². The molecule has 4 rings (SSSR count). The number of alkyl halides is 3. The zero-order valence-electron chi connectivity index (χ0n) is 19.3. The Morgan fingerprint density at radius 1 is 1.05 bits per heavy atom. The molecule has 0 spiro atoms. The summed E-state index contributed by atoms with van der Waals surface area (Å²) in [6.07, 6.45) is -2.02. The molecule has 0 aromatic heterocycles. The molecule has 194 valence electrons. The molecular weight excluding hydrogens is 541 g/mol. The van der Waals surface area contributed by atoms with Crippen LogP contribution in [0.2, 0.25) is 5.02 Å². The molecule has 8 nitrogen and oxygen atoms in total. The van der Waals surface area contributed by atoms with Crippen LogP contribution < -0.4 is 15.4 Å². The van der Waals surface area contributed by atoms with Crippen LogP contribution in [0.3, 0.4) is 0 Å². The largest absolute Gasteiger partial charge is 0.573 e. The van der Waals surface area contributed by atoms with Gasteiger partial charge in [0.2, 0.25) is 5.91 Å². The van der Waals surface area contributed by atoms with E-state index in [0.29, 0.717) is 27.1 Å². The van der Waals surface area contributed by atoms with Gasteiger partial charge in [0.1, 0.15) is 17.9 Å². The second-order valence-electron chi connectivity index (χ2n) is 7.52. The number of hydrogen-bond acceptors (Lipinski definition) is 6. The van der Waals surface area contributed by atoms with Gasteiger partial charge >= 0.3 is 6.36 Å². The van der Waals surface area contributed by atoms with Gasteiger partial charge in [-0.05, 0) is 42.0 Å². The first-order valence-corrected chi connectivity index (χ1v) is 12.2. The number of carbonyl (C=O) groups is 1. The number of amidine groups is 2. The van der Waals surface area contributed by atoms with E-state index < -0.39 is 6.36 Å². The van der Waals surface area contributed by atoms with Crippen LogP contribution in [0, 0.1) is 0 Å². The zero-order valence-corrected chi connectivity index (χ0v) is 20.9. The summed E-state index contributed by atoms with van der Waals surface area (Å²) in [7, 11) is 0. The normalized spacial score (nSPS) is 15.8. The Bertz CT molecular complexity index is 1420. The highest BCUT2D eigenvalue weighted by atomic mass is 35.5. The van der Waals surface area contributed by atoms with Crippen LogP contribution in [-0.4, -0.2) is 41.6 Å². The Hall–Kier alpha value is -4.16. The van der Waals surface area contributed by atoms with Crippen molar-refractivity contribution in [2.45, 2.75) is 6.36 Å². The van der Waals surface area contributed by atoms with Gasteiger partial charge in [0.25, 0.3) is 0 Å². The number of amides is 1. The summed E-state index contributed by atoms with van der Waals surface area (Å²) >= 11 is 7.50. The zero-order chi connectivity index (χ0) is 27.1. The number of benzene rings is 3. The number of hydrogen-bond donors (Lipinski definition) is 1. The quantitative estimate of drug-likeness (QED) is 0.226. The van der Waals surface area contributed by atoms with Crippen molar-refractivity contribution in [3.05, 3.63) is 88.9 Å². The molecule has 1 aliphatic heterocycles. The maximum atomic E-state index is 12.3. The fraction of sp³-hybridized carbons (Fsp3) is 0.0800. The predicted octanol–water partition coefficient (Wildman–Crippen LogP) is 5.77.